The van der Waals surface area contributed by atoms with Gasteiger partial charge in [-0.25, -0.2) is 0 Å². The Balaban J connectivity index is 4.92. The summed E-state index contributed by atoms with van der Waals surface area (Å²) in [4.78, 5) is 27.7. The zero-order valence-electron chi connectivity index (χ0n) is 13.7. The lowest BCUT2D eigenvalue weighted by molar-refractivity contribution is -0.127. The summed E-state index contributed by atoms with van der Waals surface area (Å²) in [6, 6.07) is -0.607. The van der Waals surface area contributed by atoms with E-state index in [0.717, 1.165) is 5.57 Å². The second-order valence-electron chi connectivity index (χ2n) is 4.87. The fourth-order valence-electron chi connectivity index (χ4n) is 1.61. The molecule has 0 bridgehead atoms. The van der Waals surface area contributed by atoms with Gasteiger partial charge >= 0.3 is 0 Å². The number of nitrogens with zero attached hydrogens (tertiary/aromatic N) is 1. The summed E-state index contributed by atoms with van der Waals surface area (Å²) in [5.41, 5.74) is 6.01. The van der Waals surface area contributed by atoms with E-state index < -0.39 is 12.0 Å². The molecule has 0 saturated heterocycles. The summed E-state index contributed by atoms with van der Waals surface area (Å²) in [5.74, 6) is -0.862. The van der Waals surface area contributed by atoms with Crippen LogP contribution in [-0.2, 0) is 9.59 Å². The zero-order chi connectivity index (χ0) is 17.7. The number of ketones is 1. The maximum Gasteiger partial charge on any atom is 0.228 e. The normalized spacial score (nSPS) is 15.0. The highest BCUT2D eigenvalue weighted by atomic mass is 16.2. The number of carbonyl (C=O) groups is 2. The van der Waals surface area contributed by atoms with Gasteiger partial charge in [-0.05, 0) is 25.8 Å². The van der Waals surface area contributed by atoms with Crippen molar-refractivity contribution in [3.05, 3.63) is 61.5 Å². The minimum absolute atomic E-state index is 0.121. The molecule has 0 aromatic heterocycles. The van der Waals surface area contributed by atoms with E-state index in [1.165, 1.54) is 25.5 Å². The Morgan fingerprint density at radius 3 is 2.52 bits per heavy atom. The van der Waals surface area contributed by atoms with Gasteiger partial charge in [0, 0.05) is 18.6 Å². The van der Waals surface area contributed by atoms with Crippen LogP contribution in [0.3, 0.4) is 0 Å². The number of hydrogen-bond donors (Lipinski definition) is 2. The largest absolute Gasteiger partial charge is 0.403 e. The Kier molecular flexibility index (Phi) is 10.5. The third-order valence-corrected chi connectivity index (χ3v) is 2.96. The average Bonchev–Trinajstić information content (AvgIpc) is 2.52. The van der Waals surface area contributed by atoms with Gasteiger partial charge in [-0.15, -0.1) is 0 Å². The smallest absolute Gasteiger partial charge is 0.228 e. The molecule has 0 aliphatic heterocycles. The molecule has 124 valence electrons. The van der Waals surface area contributed by atoms with Crippen LogP contribution in [0.4, 0.5) is 0 Å². The van der Waals surface area contributed by atoms with Gasteiger partial charge in [-0.3, -0.25) is 14.6 Å². The summed E-state index contributed by atoms with van der Waals surface area (Å²) < 4.78 is 0. The number of carbonyl (C=O) groups excluding carboxylic acids is 2. The van der Waals surface area contributed by atoms with E-state index in [0.29, 0.717) is 6.42 Å². The average molecular weight is 315 g/mol. The topological polar surface area (TPSA) is 84.6 Å². The lowest BCUT2D eigenvalue weighted by Gasteiger charge is -2.18. The van der Waals surface area contributed by atoms with E-state index in [4.69, 9.17) is 5.73 Å². The molecule has 5 heteroatoms. The molecule has 2 unspecified atom stereocenters. The van der Waals surface area contributed by atoms with Crippen molar-refractivity contribution in [1.82, 2.24) is 5.32 Å². The molecule has 1 amide bonds. The molecule has 0 aromatic rings. The minimum Gasteiger partial charge on any atom is -0.403 e. The molecule has 23 heavy (non-hydrogen) atoms. The first-order chi connectivity index (χ1) is 11.0. The number of amides is 1. The van der Waals surface area contributed by atoms with Gasteiger partial charge < -0.3 is 11.1 Å². The molecule has 0 spiro atoms. The Hall–Kier alpha value is -2.69. The molecule has 0 fully saturated rings. The Morgan fingerprint density at radius 2 is 2.00 bits per heavy atom. The second-order valence-corrected chi connectivity index (χ2v) is 4.87. The molecule has 0 rings (SSSR count). The van der Waals surface area contributed by atoms with Gasteiger partial charge in [0.15, 0.2) is 5.78 Å². The van der Waals surface area contributed by atoms with Crippen LogP contribution in [0.25, 0.3) is 0 Å². The predicted octanol–water partition coefficient (Wildman–Crippen LogP) is 2.44. The van der Waals surface area contributed by atoms with E-state index in [2.05, 4.69) is 23.5 Å². The van der Waals surface area contributed by atoms with Gasteiger partial charge in [0.25, 0.3) is 0 Å². The van der Waals surface area contributed by atoms with Crippen molar-refractivity contribution in [2.45, 2.75) is 26.3 Å². The molecule has 5 nitrogen and oxygen atoms in total. The minimum atomic E-state index is -0.607. The van der Waals surface area contributed by atoms with Crippen LogP contribution in [0, 0.1) is 5.92 Å². The summed E-state index contributed by atoms with van der Waals surface area (Å²) in [7, 11) is 0. The van der Waals surface area contributed by atoms with Crippen molar-refractivity contribution in [3.63, 3.8) is 0 Å². The number of allylic oxidation sites excluding steroid dienone is 5. The lowest BCUT2D eigenvalue weighted by atomic mass is 10.0. The summed E-state index contributed by atoms with van der Waals surface area (Å²) in [6.07, 6.45) is 13.2. The van der Waals surface area contributed by atoms with E-state index in [9.17, 15) is 9.59 Å². The highest BCUT2D eigenvalue weighted by Crippen LogP contribution is 2.09. The van der Waals surface area contributed by atoms with Crippen molar-refractivity contribution in [2.75, 3.05) is 0 Å². The van der Waals surface area contributed by atoms with Crippen LogP contribution in [-0.4, -0.2) is 23.9 Å². The number of nitrogens with two attached hydrogens (primary N) is 1. The van der Waals surface area contributed by atoms with Gasteiger partial charge in [0.05, 0.1) is 12.0 Å². The van der Waals surface area contributed by atoms with Crippen LogP contribution >= 0.6 is 0 Å². The molecule has 3 N–H and O–H groups in total. The van der Waals surface area contributed by atoms with Crippen molar-refractivity contribution in [2.24, 2.45) is 16.6 Å². The lowest BCUT2D eigenvalue weighted by Crippen LogP contribution is -2.42. The third kappa shape index (κ3) is 9.03. The molecule has 2 atom stereocenters. The number of nitrogens with one attached hydrogen (secondary N) is 1. The maximum atomic E-state index is 12.1. The van der Waals surface area contributed by atoms with E-state index in [1.807, 2.05) is 6.08 Å². The van der Waals surface area contributed by atoms with Crippen LogP contribution in [0.1, 0.15) is 20.3 Å². The summed E-state index contributed by atoms with van der Waals surface area (Å²) in [5, 5.41) is 2.73. The van der Waals surface area contributed by atoms with Crippen LogP contribution in [0.15, 0.2) is 66.5 Å². The van der Waals surface area contributed by atoms with Crippen LogP contribution in [0.2, 0.25) is 0 Å². The molecule has 0 saturated carbocycles. The van der Waals surface area contributed by atoms with Gasteiger partial charge in [0.1, 0.15) is 0 Å². The van der Waals surface area contributed by atoms with Crippen LogP contribution < -0.4 is 11.1 Å². The molecular formula is C18H25N3O2. The fourth-order valence-corrected chi connectivity index (χ4v) is 1.61. The maximum absolute atomic E-state index is 12.1. The molecule has 0 aliphatic rings. The van der Waals surface area contributed by atoms with Gasteiger partial charge in [-0.1, -0.05) is 43.5 Å². The highest BCUT2D eigenvalue weighted by Gasteiger charge is 2.20. The van der Waals surface area contributed by atoms with Crippen molar-refractivity contribution >= 4 is 17.9 Å². The number of Topliss-reactive ketones (excluding diaryl/α,β-unsaturated/α-hetero) is 1. The van der Waals surface area contributed by atoms with Gasteiger partial charge in [-0.2, -0.15) is 0 Å². The van der Waals surface area contributed by atoms with Crippen molar-refractivity contribution in [1.29, 1.82) is 0 Å². The first-order valence-electron chi connectivity index (χ1n) is 7.27. The zero-order valence-corrected chi connectivity index (χ0v) is 13.7. The molecule has 0 aromatic carbocycles. The molecule has 0 radical (unpaired) electrons. The molecular weight excluding hydrogens is 290 g/mol. The molecule has 0 heterocycles. The number of rotatable bonds is 10. The molecule has 0 aliphatic carbocycles. The Labute approximate surface area is 138 Å². The van der Waals surface area contributed by atoms with E-state index in [1.54, 1.807) is 31.2 Å². The number of hydrogen-bond acceptors (Lipinski definition) is 4. The summed E-state index contributed by atoms with van der Waals surface area (Å²) in [6.45, 7) is 10.4. The van der Waals surface area contributed by atoms with Crippen LogP contribution in [0.5, 0.6) is 0 Å². The monoisotopic (exact) mass is 315 g/mol. The van der Waals surface area contributed by atoms with Crippen molar-refractivity contribution < 1.29 is 9.59 Å². The highest BCUT2D eigenvalue weighted by molar-refractivity contribution is 5.96. The van der Waals surface area contributed by atoms with E-state index in [-0.39, 0.29) is 11.7 Å². The first kappa shape index (κ1) is 20.3. The van der Waals surface area contributed by atoms with E-state index >= 15 is 0 Å². The summed E-state index contributed by atoms with van der Waals surface area (Å²) >= 11 is 0. The second kappa shape index (κ2) is 11.9. The quantitative estimate of drug-likeness (QED) is 0.479. The first-order valence-corrected chi connectivity index (χ1v) is 7.27. The standard InChI is InChI=1S/C18H25N3O2/c1-5-7-8-9-16(6-2)12-17(15(4)22)21-18(23)14(3)13-20-11-10-19/h5-11,13-14,17H,1-2,12,19H2,3-4H3,(H,21,23)/b8-7-,11-10-,16-9+,20-13?. The van der Waals surface area contributed by atoms with Gasteiger partial charge in [0.2, 0.25) is 5.91 Å². The Bertz CT molecular complexity index is 542. The Morgan fingerprint density at radius 1 is 1.30 bits per heavy atom. The number of aliphatic imine (C=N–C) groups is 1. The van der Waals surface area contributed by atoms with Crippen molar-refractivity contribution in [3.8, 4) is 0 Å². The fraction of sp³-hybridized carbons (Fsp3) is 0.278. The third-order valence-electron chi connectivity index (χ3n) is 2.96. The predicted molar refractivity (Wildman–Crippen MR) is 95.8 cm³/mol. The SMILES string of the molecule is C=C/C=C\C=C(/C=C)CC(NC(=O)C(C)C=N/C=C\N)C(C)=O.